The molecule has 1 N–H and O–H groups in total. The summed E-state index contributed by atoms with van der Waals surface area (Å²) in [4.78, 5) is 15.7. The quantitative estimate of drug-likeness (QED) is 0.870. The second-order valence-corrected chi connectivity index (χ2v) is 4.79. The van der Waals surface area contributed by atoms with Crippen LogP contribution in [0.4, 0.5) is 5.69 Å². The van der Waals surface area contributed by atoms with Gasteiger partial charge in [-0.2, -0.15) is 0 Å². The Labute approximate surface area is 119 Å². The first kappa shape index (κ1) is 15.8. The summed E-state index contributed by atoms with van der Waals surface area (Å²) in [6.07, 6.45) is 0. The number of amides is 1. The molecule has 1 rings (SSSR count). The van der Waals surface area contributed by atoms with E-state index in [1.807, 2.05) is 31.9 Å². The third kappa shape index (κ3) is 4.11. The van der Waals surface area contributed by atoms with E-state index in [9.17, 15) is 9.90 Å². The van der Waals surface area contributed by atoms with Crippen LogP contribution in [-0.4, -0.2) is 42.6 Å². The van der Waals surface area contributed by atoms with E-state index in [4.69, 9.17) is 11.6 Å². The molecule has 0 saturated heterocycles. The number of aliphatic hydroxyl groups is 1. The van der Waals surface area contributed by atoms with Crippen molar-refractivity contribution in [1.29, 1.82) is 0 Å². The lowest BCUT2D eigenvalue weighted by Gasteiger charge is -2.25. The van der Waals surface area contributed by atoms with Gasteiger partial charge in [0.2, 0.25) is 5.91 Å². The minimum absolute atomic E-state index is 0.0753. The molecule has 1 aromatic carbocycles. The predicted octanol–water partition coefficient (Wildman–Crippen LogP) is 2.14. The van der Waals surface area contributed by atoms with E-state index in [2.05, 4.69) is 0 Å². The van der Waals surface area contributed by atoms with Gasteiger partial charge in [0.1, 0.15) is 0 Å². The van der Waals surface area contributed by atoms with Crippen LogP contribution < -0.4 is 4.90 Å². The van der Waals surface area contributed by atoms with Crippen molar-refractivity contribution < 1.29 is 9.90 Å². The van der Waals surface area contributed by atoms with Gasteiger partial charge < -0.3 is 14.9 Å². The summed E-state index contributed by atoms with van der Waals surface area (Å²) in [7, 11) is 1.84. The maximum atomic E-state index is 12.1. The smallest absolute Gasteiger partial charge is 0.242 e. The molecule has 0 radical (unpaired) electrons. The van der Waals surface area contributed by atoms with Crippen LogP contribution in [0.2, 0.25) is 5.02 Å². The number of likely N-dealkylation sites (N-methyl/N-ethyl adjacent to an activating group) is 2. The molecule has 0 aliphatic carbocycles. The van der Waals surface area contributed by atoms with E-state index in [-0.39, 0.29) is 19.1 Å². The number of rotatable bonds is 6. The lowest BCUT2D eigenvalue weighted by Crippen LogP contribution is -2.39. The van der Waals surface area contributed by atoms with Crippen molar-refractivity contribution in [2.75, 3.05) is 31.6 Å². The maximum Gasteiger partial charge on any atom is 0.242 e. The van der Waals surface area contributed by atoms with Crippen LogP contribution in [0.25, 0.3) is 0 Å². The van der Waals surface area contributed by atoms with E-state index >= 15 is 0 Å². The first-order valence-corrected chi connectivity index (χ1v) is 6.79. The molecule has 0 bridgehead atoms. The first-order chi connectivity index (χ1) is 9.03. The average Bonchev–Trinajstić information content (AvgIpc) is 2.39. The van der Waals surface area contributed by atoms with Gasteiger partial charge in [-0.25, -0.2) is 0 Å². The fraction of sp³-hybridized carbons (Fsp3) is 0.500. The summed E-state index contributed by atoms with van der Waals surface area (Å²) < 4.78 is 0. The van der Waals surface area contributed by atoms with E-state index < -0.39 is 0 Å². The summed E-state index contributed by atoms with van der Waals surface area (Å²) in [6.45, 7) is 5.52. The highest BCUT2D eigenvalue weighted by Crippen LogP contribution is 2.23. The van der Waals surface area contributed by atoms with Crippen molar-refractivity contribution in [3.05, 3.63) is 28.8 Å². The van der Waals surface area contributed by atoms with E-state index in [1.165, 1.54) is 0 Å². The van der Waals surface area contributed by atoms with Gasteiger partial charge in [0.15, 0.2) is 0 Å². The van der Waals surface area contributed by atoms with Gasteiger partial charge in [-0.05, 0) is 32.0 Å². The van der Waals surface area contributed by atoms with Gasteiger partial charge in [-0.1, -0.05) is 11.6 Å². The Morgan fingerprint density at radius 3 is 2.47 bits per heavy atom. The highest BCUT2D eigenvalue weighted by atomic mass is 35.5. The minimum Gasteiger partial charge on any atom is -0.392 e. The molecule has 0 fully saturated rings. The van der Waals surface area contributed by atoms with E-state index in [0.29, 0.717) is 18.1 Å². The van der Waals surface area contributed by atoms with Crippen molar-refractivity contribution in [2.45, 2.75) is 20.5 Å². The summed E-state index contributed by atoms with van der Waals surface area (Å²) in [5, 5.41) is 9.93. The molecule has 0 aliphatic rings. The number of carbonyl (C=O) groups excluding carboxylic acids is 1. The van der Waals surface area contributed by atoms with Crippen LogP contribution >= 0.6 is 11.6 Å². The number of hydrogen-bond acceptors (Lipinski definition) is 3. The number of anilines is 1. The Morgan fingerprint density at radius 1 is 1.32 bits per heavy atom. The third-order valence-corrected chi connectivity index (χ3v) is 3.35. The first-order valence-electron chi connectivity index (χ1n) is 6.41. The van der Waals surface area contributed by atoms with Crippen molar-refractivity contribution in [3.63, 3.8) is 0 Å². The Hall–Kier alpha value is -1.26. The second-order valence-electron chi connectivity index (χ2n) is 4.35. The van der Waals surface area contributed by atoms with E-state index in [0.717, 1.165) is 11.3 Å². The number of carbonyl (C=O) groups is 1. The largest absolute Gasteiger partial charge is 0.392 e. The van der Waals surface area contributed by atoms with Crippen LogP contribution in [0, 0.1) is 0 Å². The Balaban J connectivity index is 2.83. The molecular weight excluding hydrogens is 264 g/mol. The predicted molar refractivity (Wildman–Crippen MR) is 78.6 cm³/mol. The molecule has 4 nitrogen and oxygen atoms in total. The van der Waals surface area contributed by atoms with Gasteiger partial charge in [0.25, 0.3) is 0 Å². The van der Waals surface area contributed by atoms with Crippen LogP contribution in [0.3, 0.4) is 0 Å². The second kappa shape index (κ2) is 7.36. The van der Waals surface area contributed by atoms with Gasteiger partial charge in [-0.15, -0.1) is 0 Å². The topological polar surface area (TPSA) is 43.8 Å². The van der Waals surface area contributed by atoms with Gasteiger partial charge in [0.05, 0.1) is 13.2 Å². The molecule has 19 heavy (non-hydrogen) atoms. The minimum atomic E-state index is -0.0975. The number of hydrogen-bond donors (Lipinski definition) is 1. The SMILES string of the molecule is CCN(CC)C(=O)CN(C)c1ccc(Cl)cc1CO. The summed E-state index contributed by atoms with van der Waals surface area (Å²) >= 11 is 5.90. The number of nitrogens with zero attached hydrogens (tertiary/aromatic N) is 2. The molecule has 0 aliphatic heterocycles. The average molecular weight is 285 g/mol. The van der Waals surface area contributed by atoms with Crippen LogP contribution in [0.5, 0.6) is 0 Å². The zero-order valence-corrected chi connectivity index (χ0v) is 12.4. The normalized spacial score (nSPS) is 10.4. The van der Waals surface area contributed by atoms with Gasteiger partial charge in [0, 0.05) is 36.4 Å². The Morgan fingerprint density at radius 2 is 1.95 bits per heavy atom. The zero-order chi connectivity index (χ0) is 14.4. The lowest BCUT2D eigenvalue weighted by molar-refractivity contribution is -0.129. The number of aliphatic hydroxyl groups excluding tert-OH is 1. The summed E-state index contributed by atoms with van der Waals surface area (Å²) in [5.41, 5.74) is 1.55. The molecule has 0 unspecified atom stereocenters. The monoisotopic (exact) mass is 284 g/mol. The van der Waals surface area contributed by atoms with Crippen molar-refractivity contribution >= 4 is 23.2 Å². The Kier molecular flexibility index (Phi) is 6.12. The molecule has 0 atom stereocenters. The van der Waals surface area contributed by atoms with Crippen LogP contribution in [0.15, 0.2) is 18.2 Å². The van der Waals surface area contributed by atoms with Crippen LogP contribution in [0.1, 0.15) is 19.4 Å². The van der Waals surface area contributed by atoms with Crippen LogP contribution in [-0.2, 0) is 11.4 Å². The molecule has 0 spiro atoms. The van der Waals surface area contributed by atoms with Crippen molar-refractivity contribution in [2.24, 2.45) is 0 Å². The summed E-state index contributed by atoms with van der Waals surface area (Å²) in [5.74, 6) is 0.0753. The molecule has 5 heteroatoms. The molecule has 0 heterocycles. The lowest BCUT2D eigenvalue weighted by atomic mass is 10.1. The van der Waals surface area contributed by atoms with E-state index in [1.54, 1.807) is 17.0 Å². The standard InChI is InChI=1S/C14H21ClN2O2/c1-4-17(5-2)14(19)9-16(3)13-7-6-12(15)8-11(13)10-18/h6-8,18H,4-5,9-10H2,1-3H3. The summed E-state index contributed by atoms with van der Waals surface area (Å²) in [6, 6.07) is 5.30. The fourth-order valence-corrected chi connectivity index (χ4v) is 2.21. The molecule has 0 aromatic heterocycles. The molecule has 0 saturated carbocycles. The number of halogens is 1. The Bertz CT molecular complexity index is 433. The van der Waals surface area contributed by atoms with Crippen molar-refractivity contribution in [1.82, 2.24) is 4.90 Å². The fourth-order valence-electron chi connectivity index (χ4n) is 2.02. The third-order valence-electron chi connectivity index (χ3n) is 3.11. The maximum absolute atomic E-state index is 12.1. The molecule has 106 valence electrons. The zero-order valence-electron chi connectivity index (χ0n) is 11.7. The van der Waals surface area contributed by atoms with Gasteiger partial charge >= 0.3 is 0 Å². The molecule has 1 amide bonds. The van der Waals surface area contributed by atoms with Gasteiger partial charge in [-0.3, -0.25) is 4.79 Å². The number of benzene rings is 1. The molecular formula is C14H21ClN2O2. The highest BCUT2D eigenvalue weighted by molar-refractivity contribution is 6.30. The van der Waals surface area contributed by atoms with Crippen molar-refractivity contribution in [3.8, 4) is 0 Å². The highest BCUT2D eigenvalue weighted by Gasteiger charge is 2.14. The molecule has 1 aromatic rings.